The summed E-state index contributed by atoms with van der Waals surface area (Å²) in [6.45, 7) is 10.9. The summed E-state index contributed by atoms with van der Waals surface area (Å²) < 4.78 is 0. The van der Waals surface area contributed by atoms with Gasteiger partial charge in [0.15, 0.2) is 0 Å². The maximum absolute atomic E-state index is 4.85. The molecule has 3 nitrogen and oxygen atoms in total. The van der Waals surface area contributed by atoms with Gasteiger partial charge in [-0.15, -0.1) is 11.3 Å². The molecule has 0 radical (unpaired) electrons. The van der Waals surface area contributed by atoms with Gasteiger partial charge in [-0.2, -0.15) is 0 Å². The minimum Gasteiger partial charge on any atom is -0.352 e. The topological polar surface area (TPSA) is 29.0 Å². The fourth-order valence-electron chi connectivity index (χ4n) is 6.18. The third-order valence-electron chi connectivity index (χ3n) is 6.76. The van der Waals surface area contributed by atoms with Gasteiger partial charge >= 0.3 is 0 Å². The number of anilines is 1. The summed E-state index contributed by atoms with van der Waals surface area (Å²) in [6.07, 6.45) is 9.49. The monoisotopic (exact) mass is 355 g/mol. The van der Waals surface area contributed by atoms with Crippen LogP contribution in [0.1, 0.15) is 63.8 Å². The van der Waals surface area contributed by atoms with Gasteiger partial charge in [-0.3, -0.25) is 0 Å². The highest BCUT2D eigenvalue weighted by molar-refractivity contribution is 7.19. The first kappa shape index (κ1) is 16.0. The summed E-state index contributed by atoms with van der Waals surface area (Å²) in [5, 5.41) is 1.39. The van der Waals surface area contributed by atoms with Gasteiger partial charge in [-0.25, -0.2) is 9.97 Å². The van der Waals surface area contributed by atoms with Crippen molar-refractivity contribution < 1.29 is 0 Å². The molecule has 3 aliphatic rings. The molecule has 0 amide bonds. The number of nitrogens with zero attached hydrogens (tertiary/aromatic N) is 3. The molecular formula is C21H29N3S. The van der Waals surface area contributed by atoms with Crippen LogP contribution in [-0.2, 0) is 12.8 Å². The van der Waals surface area contributed by atoms with E-state index < -0.39 is 0 Å². The summed E-state index contributed by atoms with van der Waals surface area (Å²) >= 11 is 1.92. The van der Waals surface area contributed by atoms with Crippen molar-refractivity contribution in [2.24, 2.45) is 16.7 Å². The molecule has 0 aromatic carbocycles. The summed E-state index contributed by atoms with van der Waals surface area (Å²) in [5.41, 5.74) is 2.45. The standard InChI is InChI=1S/C21H29N3S/c1-13-5-6-15-16(7-13)25-19-17(15)18(22-12-23-19)24-11-21(4)9-14(24)8-20(2,3)10-21/h12-14H,5-11H2,1-4H3/t13-,14+,21-/m0/s1. The Morgan fingerprint density at radius 3 is 2.88 bits per heavy atom. The van der Waals surface area contributed by atoms with Gasteiger partial charge in [-0.1, -0.05) is 27.7 Å². The van der Waals surface area contributed by atoms with Gasteiger partial charge in [0, 0.05) is 17.5 Å². The number of aryl methyl sites for hydroxylation is 1. The second kappa shape index (κ2) is 5.18. The van der Waals surface area contributed by atoms with Crippen molar-refractivity contribution in [2.45, 2.75) is 72.3 Å². The highest BCUT2D eigenvalue weighted by Gasteiger charge is 2.50. The molecule has 3 atom stereocenters. The third-order valence-corrected chi connectivity index (χ3v) is 7.92. The summed E-state index contributed by atoms with van der Waals surface area (Å²) in [4.78, 5) is 15.0. The molecule has 2 aliphatic carbocycles. The molecular weight excluding hydrogens is 326 g/mol. The summed E-state index contributed by atoms with van der Waals surface area (Å²) in [5.74, 6) is 2.05. The Kier molecular flexibility index (Phi) is 3.33. The maximum Gasteiger partial charge on any atom is 0.141 e. The molecule has 1 saturated heterocycles. The lowest BCUT2D eigenvalue weighted by molar-refractivity contribution is 0.136. The number of hydrogen-bond donors (Lipinski definition) is 0. The van der Waals surface area contributed by atoms with Gasteiger partial charge in [0.2, 0.25) is 0 Å². The Hall–Kier alpha value is -1.16. The first-order chi connectivity index (χ1) is 11.8. The third kappa shape index (κ3) is 2.51. The summed E-state index contributed by atoms with van der Waals surface area (Å²) in [6, 6.07) is 0.643. The Balaban J connectivity index is 1.62. The van der Waals surface area contributed by atoms with Crippen LogP contribution in [0.3, 0.4) is 0 Å². The van der Waals surface area contributed by atoms with Crippen LogP contribution in [0.4, 0.5) is 5.82 Å². The van der Waals surface area contributed by atoms with Gasteiger partial charge < -0.3 is 4.90 Å². The van der Waals surface area contributed by atoms with E-state index in [4.69, 9.17) is 4.98 Å². The van der Waals surface area contributed by atoms with Crippen molar-refractivity contribution in [1.82, 2.24) is 9.97 Å². The molecule has 2 fully saturated rings. The Morgan fingerprint density at radius 1 is 1.20 bits per heavy atom. The first-order valence-electron chi connectivity index (χ1n) is 9.86. The van der Waals surface area contributed by atoms with Crippen molar-refractivity contribution in [1.29, 1.82) is 0 Å². The SMILES string of the molecule is C[C@H]1CCc2c(sc3ncnc(N4C[C@@]5(C)C[C@H]4CC(C)(C)C5)c23)C1. The van der Waals surface area contributed by atoms with Crippen molar-refractivity contribution in [3.8, 4) is 0 Å². The number of thiophene rings is 1. The van der Waals surface area contributed by atoms with Crippen LogP contribution >= 0.6 is 11.3 Å². The molecule has 2 aromatic heterocycles. The molecule has 0 spiro atoms. The molecule has 1 aliphatic heterocycles. The van der Waals surface area contributed by atoms with Gasteiger partial charge in [0.05, 0.1) is 5.39 Å². The minimum atomic E-state index is 0.439. The summed E-state index contributed by atoms with van der Waals surface area (Å²) in [7, 11) is 0. The van der Waals surface area contributed by atoms with Crippen LogP contribution in [0.15, 0.2) is 6.33 Å². The zero-order valence-electron chi connectivity index (χ0n) is 15.9. The van der Waals surface area contributed by atoms with Crippen LogP contribution in [0, 0.1) is 16.7 Å². The molecule has 1 saturated carbocycles. The van der Waals surface area contributed by atoms with E-state index >= 15 is 0 Å². The van der Waals surface area contributed by atoms with Gasteiger partial charge in [0.25, 0.3) is 0 Å². The number of fused-ring (bicyclic) bond motifs is 5. The van der Waals surface area contributed by atoms with Crippen molar-refractivity contribution >= 4 is 27.4 Å². The van der Waals surface area contributed by atoms with Crippen LogP contribution in [0.2, 0.25) is 0 Å². The molecule has 3 heterocycles. The zero-order chi connectivity index (χ0) is 17.4. The van der Waals surface area contributed by atoms with Crippen molar-refractivity contribution in [3.05, 3.63) is 16.8 Å². The smallest absolute Gasteiger partial charge is 0.141 e. The maximum atomic E-state index is 4.85. The number of hydrogen-bond acceptors (Lipinski definition) is 4. The van der Waals surface area contributed by atoms with Crippen LogP contribution < -0.4 is 4.90 Å². The molecule has 134 valence electrons. The molecule has 0 N–H and O–H groups in total. The second-order valence-corrected chi connectivity index (χ2v) is 11.2. The van der Waals surface area contributed by atoms with E-state index in [2.05, 4.69) is 37.6 Å². The first-order valence-corrected chi connectivity index (χ1v) is 10.7. The lowest BCUT2D eigenvalue weighted by atomic mass is 9.65. The van der Waals surface area contributed by atoms with E-state index in [9.17, 15) is 0 Å². The Bertz CT molecular complexity index is 839. The second-order valence-electron chi connectivity index (χ2n) is 10.1. The van der Waals surface area contributed by atoms with E-state index in [0.717, 1.165) is 12.5 Å². The lowest BCUT2D eigenvalue weighted by Gasteiger charge is -2.39. The van der Waals surface area contributed by atoms with Crippen LogP contribution in [0.5, 0.6) is 0 Å². The van der Waals surface area contributed by atoms with E-state index in [1.807, 2.05) is 11.3 Å². The van der Waals surface area contributed by atoms with Gasteiger partial charge in [-0.05, 0) is 60.8 Å². The Labute approximate surface area is 154 Å². The van der Waals surface area contributed by atoms with Gasteiger partial charge in [0.1, 0.15) is 17.0 Å². The van der Waals surface area contributed by atoms with E-state index in [-0.39, 0.29) is 0 Å². The fraction of sp³-hybridized carbons (Fsp3) is 0.714. The average Bonchev–Trinajstić information content (AvgIpc) is 2.99. The normalized spacial score (nSPS) is 33.7. The number of aromatic nitrogens is 2. The van der Waals surface area contributed by atoms with Crippen LogP contribution in [0.25, 0.3) is 10.2 Å². The minimum absolute atomic E-state index is 0.439. The number of rotatable bonds is 1. The molecule has 2 aromatic rings. The molecule has 0 unspecified atom stereocenters. The van der Waals surface area contributed by atoms with E-state index in [1.165, 1.54) is 54.6 Å². The average molecular weight is 356 g/mol. The fourth-order valence-corrected chi connectivity index (χ4v) is 7.53. The Morgan fingerprint density at radius 2 is 2.04 bits per heavy atom. The zero-order valence-corrected chi connectivity index (χ0v) is 16.7. The quantitative estimate of drug-likeness (QED) is 0.702. The van der Waals surface area contributed by atoms with Crippen LogP contribution in [-0.4, -0.2) is 22.6 Å². The van der Waals surface area contributed by atoms with E-state index in [0.29, 0.717) is 16.9 Å². The van der Waals surface area contributed by atoms with Crippen molar-refractivity contribution in [3.63, 3.8) is 0 Å². The molecule has 2 bridgehead atoms. The lowest BCUT2D eigenvalue weighted by Crippen LogP contribution is -2.35. The highest BCUT2D eigenvalue weighted by Crippen LogP contribution is 2.54. The highest BCUT2D eigenvalue weighted by atomic mass is 32.1. The largest absolute Gasteiger partial charge is 0.352 e. The van der Waals surface area contributed by atoms with E-state index in [1.54, 1.807) is 16.8 Å². The predicted molar refractivity (Wildman–Crippen MR) is 105 cm³/mol. The van der Waals surface area contributed by atoms with Crippen molar-refractivity contribution in [2.75, 3.05) is 11.4 Å². The molecule has 5 rings (SSSR count). The predicted octanol–water partition coefficient (Wildman–Crippen LogP) is 5.22. The molecule has 4 heteroatoms. The molecule has 25 heavy (non-hydrogen) atoms.